The molecule has 2 rings (SSSR count). The number of hydrogen-bond donors (Lipinski definition) is 0. The molecule has 0 saturated heterocycles. The highest BCUT2D eigenvalue weighted by atomic mass is 16.5. The van der Waals surface area contributed by atoms with Gasteiger partial charge in [-0.25, -0.2) is 0 Å². The molecular formula is C17H17N3O2. The van der Waals surface area contributed by atoms with E-state index >= 15 is 0 Å². The third kappa shape index (κ3) is 4.11. The van der Waals surface area contributed by atoms with Crippen LogP contribution in [-0.4, -0.2) is 12.0 Å². The van der Waals surface area contributed by atoms with E-state index in [2.05, 4.69) is 10.0 Å². The molecule has 0 N–H and O–H groups in total. The Labute approximate surface area is 129 Å². The first-order chi connectivity index (χ1) is 10.7. The Morgan fingerprint density at radius 1 is 1.14 bits per heavy atom. The van der Waals surface area contributed by atoms with Crippen molar-refractivity contribution in [2.75, 3.05) is 0 Å². The average Bonchev–Trinajstić information content (AvgIpc) is 2.58. The molecule has 0 spiro atoms. The summed E-state index contributed by atoms with van der Waals surface area (Å²) in [5.41, 5.74) is 10.5. The quantitative estimate of drug-likeness (QED) is 0.346. The van der Waals surface area contributed by atoms with Crippen LogP contribution in [0.25, 0.3) is 10.4 Å². The van der Waals surface area contributed by atoms with Gasteiger partial charge in [0.05, 0.1) is 0 Å². The van der Waals surface area contributed by atoms with E-state index < -0.39 is 12.0 Å². The van der Waals surface area contributed by atoms with Crippen molar-refractivity contribution in [1.29, 1.82) is 0 Å². The first-order valence-electron chi connectivity index (χ1n) is 7.02. The SMILES string of the molecule is C[C@@H](c1ccccc1)[C@@H](N=[N+]=[N-])C(=O)OCc1ccccc1. The van der Waals surface area contributed by atoms with Gasteiger partial charge in [0.15, 0.2) is 0 Å². The lowest BCUT2D eigenvalue weighted by Gasteiger charge is -2.18. The number of hydrogen-bond acceptors (Lipinski definition) is 3. The second-order valence-corrected chi connectivity index (χ2v) is 4.94. The van der Waals surface area contributed by atoms with Crippen LogP contribution in [0.4, 0.5) is 0 Å². The number of nitrogens with zero attached hydrogens (tertiary/aromatic N) is 3. The molecule has 2 atom stereocenters. The summed E-state index contributed by atoms with van der Waals surface area (Å²) >= 11 is 0. The van der Waals surface area contributed by atoms with E-state index in [-0.39, 0.29) is 12.5 Å². The molecule has 0 aliphatic heterocycles. The molecular weight excluding hydrogens is 278 g/mol. The molecule has 112 valence electrons. The van der Waals surface area contributed by atoms with Crippen LogP contribution in [0.1, 0.15) is 24.0 Å². The molecule has 5 nitrogen and oxygen atoms in total. The number of carbonyl (C=O) groups is 1. The molecule has 0 bridgehead atoms. The Balaban J connectivity index is 2.07. The largest absolute Gasteiger partial charge is 0.460 e. The van der Waals surface area contributed by atoms with E-state index in [0.717, 1.165) is 11.1 Å². The Morgan fingerprint density at radius 3 is 2.32 bits per heavy atom. The minimum Gasteiger partial charge on any atom is -0.460 e. The number of ether oxygens (including phenoxy) is 1. The first kappa shape index (κ1) is 15.6. The molecule has 0 aliphatic rings. The van der Waals surface area contributed by atoms with Gasteiger partial charge in [-0.05, 0) is 16.7 Å². The fourth-order valence-electron chi connectivity index (χ4n) is 2.16. The first-order valence-corrected chi connectivity index (χ1v) is 7.02. The number of carbonyl (C=O) groups excluding carboxylic acids is 1. The van der Waals surface area contributed by atoms with Crippen LogP contribution >= 0.6 is 0 Å². The Kier molecular flexibility index (Phi) is 5.57. The monoisotopic (exact) mass is 295 g/mol. The highest BCUT2D eigenvalue weighted by molar-refractivity contribution is 5.77. The lowest BCUT2D eigenvalue weighted by molar-refractivity contribution is -0.147. The Morgan fingerprint density at radius 2 is 1.73 bits per heavy atom. The summed E-state index contributed by atoms with van der Waals surface area (Å²) in [4.78, 5) is 15.0. The number of esters is 1. The second-order valence-electron chi connectivity index (χ2n) is 4.94. The smallest absolute Gasteiger partial charge is 0.315 e. The summed E-state index contributed by atoms with van der Waals surface area (Å²) in [5.74, 6) is -0.765. The van der Waals surface area contributed by atoms with Crippen LogP contribution in [0.15, 0.2) is 65.8 Å². The van der Waals surface area contributed by atoms with Crippen LogP contribution in [0.5, 0.6) is 0 Å². The number of benzene rings is 2. The van der Waals surface area contributed by atoms with Gasteiger partial charge in [0.2, 0.25) is 0 Å². The van der Waals surface area contributed by atoms with Crippen molar-refractivity contribution in [1.82, 2.24) is 0 Å². The minimum absolute atomic E-state index is 0.165. The molecule has 0 radical (unpaired) electrons. The predicted molar refractivity (Wildman–Crippen MR) is 84.0 cm³/mol. The number of azide groups is 1. The van der Waals surface area contributed by atoms with Gasteiger partial charge in [-0.1, -0.05) is 72.7 Å². The zero-order valence-corrected chi connectivity index (χ0v) is 12.3. The van der Waals surface area contributed by atoms with E-state index in [9.17, 15) is 4.79 Å². The normalized spacial score (nSPS) is 12.8. The van der Waals surface area contributed by atoms with Crippen molar-refractivity contribution in [3.05, 3.63) is 82.2 Å². The molecule has 2 aromatic carbocycles. The maximum absolute atomic E-state index is 12.2. The summed E-state index contributed by atoms with van der Waals surface area (Å²) in [6.07, 6.45) is 0. The van der Waals surface area contributed by atoms with E-state index in [1.165, 1.54) is 0 Å². The topological polar surface area (TPSA) is 75.1 Å². The van der Waals surface area contributed by atoms with Crippen molar-refractivity contribution < 1.29 is 9.53 Å². The van der Waals surface area contributed by atoms with Crippen molar-refractivity contribution in [3.8, 4) is 0 Å². The molecule has 2 aromatic rings. The molecule has 5 heteroatoms. The Hall–Kier alpha value is -2.78. The molecule has 0 aliphatic carbocycles. The zero-order valence-electron chi connectivity index (χ0n) is 12.3. The highest BCUT2D eigenvalue weighted by Crippen LogP contribution is 2.23. The van der Waals surface area contributed by atoms with Gasteiger partial charge in [-0.2, -0.15) is 0 Å². The average molecular weight is 295 g/mol. The van der Waals surface area contributed by atoms with E-state index in [4.69, 9.17) is 10.3 Å². The Bertz CT molecular complexity index is 652. The number of rotatable bonds is 6. The lowest BCUT2D eigenvalue weighted by atomic mass is 9.94. The van der Waals surface area contributed by atoms with Gasteiger partial charge >= 0.3 is 5.97 Å². The second kappa shape index (κ2) is 7.86. The summed E-state index contributed by atoms with van der Waals surface area (Å²) in [5, 5.41) is 3.62. The zero-order chi connectivity index (χ0) is 15.8. The maximum Gasteiger partial charge on any atom is 0.315 e. The van der Waals surface area contributed by atoms with Crippen molar-refractivity contribution >= 4 is 5.97 Å². The molecule has 0 saturated carbocycles. The third-order valence-corrected chi connectivity index (χ3v) is 3.44. The van der Waals surface area contributed by atoms with Gasteiger partial charge in [-0.3, -0.25) is 4.79 Å². The molecule has 22 heavy (non-hydrogen) atoms. The van der Waals surface area contributed by atoms with E-state index in [1.807, 2.05) is 67.6 Å². The summed E-state index contributed by atoms with van der Waals surface area (Å²) < 4.78 is 5.28. The molecule has 0 fully saturated rings. The molecule has 0 unspecified atom stereocenters. The van der Waals surface area contributed by atoms with Crippen LogP contribution in [0, 0.1) is 0 Å². The van der Waals surface area contributed by atoms with Crippen molar-refractivity contribution in [3.63, 3.8) is 0 Å². The van der Waals surface area contributed by atoms with Gasteiger partial charge in [0.25, 0.3) is 0 Å². The molecule has 0 amide bonds. The van der Waals surface area contributed by atoms with Crippen LogP contribution in [-0.2, 0) is 16.1 Å². The highest BCUT2D eigenvalue weighted by Gasteiger charge is 2.26. The van der Waals surface area contributed by atoms with Crippen molar-refractivity contribution in [2.45, 2.75) is 25.5 Å². The van der Waals surface area contributed by atoms with E-state index in [1.54, 1.807) is 0 Å². The maximum atomic E-state index is 12.2. The third-order valence-electron chi connectivity index (χ3n) is 3.44. The standard InChI is InChI=1S/C17H17N3O2/c1-13(15-10-6-3-7-11-15)16(19-20-18)17(21)22-12-14-8-4-2-5-9-14/h2-11,13,16H,12H2,1H3/t13-,16+/m0/s1. The summed E-state index contributed by atoms with van der Waals surface area (Å²) in [6.45, 7) is 2.01. The predicted octanol–water partition coefficient (Wildman–Crippen LogP) is 4.21. The van der Waals surface area contributed by atoms with Crippen LogP contribution in [0.2, 0.25) is 0 Å². The fraction of sp³-hybridized carbons (Fsp3) is 0.235. The molecule has 0 aromatic heterocycles. The minimum atomic E-state index is -0.879. The van der Waals surface area contributed by atoms with Gasteiger partial charge in [0.1, 0.15) is 12.6 Å². The fourth-order valence-corrected chi connectivity index (χ4v) is 2.16. The van der Waals surface area contributed by atoms with Gasteiger partial charge in [-0.15, -0.1) is 0 Å². The van der Waals surface area contributed by atoms with Crippen LogP contribution in [0.3, 0.4) is 0 Å². The van der Waals surface area contributed by atoms with Gasteiger partial charge < -0.3 is 4.74 Å². The summed E-state index contributed by atoms with van der Waals surface area (Å²) in [6, 6.07) is 18.0. The molecule has 0 heterocycles. The van der Waals surface area contributed by atoms with Gasteiger partial charge in [0, 0.05) is 10.8 Å². The summed E-state index contributed by atoms with van der Waals surface area (Å²) in [7, 11) is 0. The van der Waals surface area contributed by atoms with E-state index in [0.29, 0.717) is 0 Å². The lowest BCUT2D eigenvalue weighted by Crippen LogP contribution is -2.26. The van der Waals surface area contributed by atoms with Crippen LogP contribution < -0.4 is 0 Å². The van der Waals surface area contributed by atoms with Crippen molar-refractivity contribution in [2.24, 2.45) is 5.11 Å².